The third-order valence-electron chi connectivity index (χ3n) is 4.12. The molecule has 0 aliphatic heterocycles. The van der Waals surface area contributed by atoms with E-state index in [1.807, 2.05) is 6.07 Å². The van der Waals surface area contributed by atoms with Gasteiger partial charge in [-0.2, -0.15) is 0 Å². The first-order chi connectivity index (χ1) is 8.78. The van der Waals surface area contributed by atoms with Gasteiger partial charge in [-0.25, -0.2) is 0 Å². The summed E-state index contributed by atoms with van der Waals surface area (Å²) >= 11 is 0. The van der Waals surface area contributed by atoms with Crippen LogP contribution >= 0.6 is 0 Å². The topological polar surface area (TPSA) is 47.3 Å². The molecule has 3 heteroatoms. The summed E-state index contributed by atoms with van der Waals surface area (Å²) in [5, 5.41) is 0. The van der Waals surface area contributed by atoms with Crippen LogP contribution in [0.3, 0.4) is 0 Å². The van der Waals surface area contributed by atoms with Crippen molar-refractivity contribution >= 4 is 0 Å². The summed E-state index contributed by atoms with van der Waals surface area (Å²) in [7, 11) is 0. The van der Waals surface area contributed by atoms with E-state index in [9.17, 15) is 0 Å². The standard InChI is InChI=1S/C15H22N2O/c1-10(11-5-6-11)15(17-16)12-3-2-4-14(9-12)18-13-7-8-13/h2-4,9-11,13,15,17H,5-8,16H2,1H3. The monoisotopic (exact) mass is 246 g/mol. The van der Waals surface area contributed by atoms with Crippen molar-refractivity contribution in [2.75, 3.05) is 0 Å². The third kappa shape index (κ3) is 2.68. The molecule has 2 atom stereocenters. The molecule has 3 nitrogen and oxygen atoms in total. The van der Waals surface area contributed by atoms with Crippen molar-refractivity contribution in [1.82, 2.24) is 5.43 Å². The van der Waals surface area contributed by atoms with Crippen LogP contribution in [0.25, 0.3) is 0 Å². The molecular formula is C15H22N2O. The SMILES string of the molecule is CC(C1CC1)C(NN)c1cccc(OC2CC2)c1. The van der Waals surface area contributed by atoms with Gasteiger partial charge in [-0.05, 0) is 55.2 Å². The van der Waals surface area contributed by atoms with E-state index in [-0.39, 0.29) is 6.04 Å². The van der Waals surface area contributed by atoms with Crippen molar-refractivity contribution in [3.63, 3.8) is 0 Å². The van der Waals surface area contributed by atoms with Crippen LogP contribution in [0.5, 0.6) is 5.75 Å². The molecule has 0 amide bonds. The van der Waals surface area contributed by atoms with Gasteiger partial charge in [-0.1, -0.05) is 19.1 Å². The second kappa shape index (κ2) is 4.90. The lowest BCUT2D eigenvalue weighted by atomic mass is 9.91. The number of benzene rings is 1. The molecule has 3 rings (SSSR count). The molecule has 98 valence electrons. The minimum atomic E-state index is 0.236. The number of rotatable bonds is 6. The fraction of sp³-hybridized carbons (Fsp3) is 0.600. The zero-order valence-corrected chi connectivity index (χ0v) is 10.9. The second-order valence-corrected chi connectivity index (χ2v) is 5.73. The van der Waals surface area contributed by atoms with Gasteiger partial charge in [0, 0.05) is 6.04 Å². The smallest absolute Gasteiger partial charge is 0.120 e. The molecule has 2 fully saturated rings. The zero-order chi connectivity index (χ0) is 12.5. The summed E-state index contributed by atoms with van der Waals surface area (Å²) in [5.74, 6) is 8.15. The quantitative estimate of drug-likeness (QED) is 0.599. The van der Waals surface area contributed by atoms with Gasteiger partial charge in [0.2, 0.25) is 0 Å². The van der Waals surface area contributed by atoms with Gasteiger partial charge in [0.05, 0.1) is 6.10 Å². The van der Waals surface area contributed by atoms with E-state index in [0.29, 0.717) is 12.0 Å². The van der Waals surface area contributed by atoms with Gasteiger partial charge >= 0.3 is 0 Å². The summed E-state index contributed by atoms with van der Waals surface area (Å²) in [6.07, 6.45) is 5.53. The Kier molecular flexibility index (Phi) is 3.27. The number of hydrogen-bond donors (Lipinski definition) is 2. The Hall–Kier alpha value is -1.06. The molecule has 18 heavy (non-hydrogen) atoms. The van der Waals surface area contributed by atoms with E-state index in [4.69, 9.17) is 10.6 Å². The van der Waals surface area contributed by atoms with E-state index in [2.05, 4.69) is 30.5 Å². The Balaban J connectivity index is 1.75. The lowest BCUT2D eigenvalue weighted by Gasteiger charge is -2.24. The predicted molar refractivity (Wildman–Crippen MR) is 72.0 cm³/mol. The van der Waals surface area contributed by atoms with Crippen LogP contribution in [0.15, 0.2) is 24.3 Å². The van der Waals surface area contributed by atoms with Crippen LogP contribution < -0.4 is 16.0 Å². The Morgan fingerprint density at radius 1 is 1.28 bits per heavy atom. The minimum Gasteiger partial charge on any atom is -0.490 e. The van der Waals surface area contributed by atoms with Gasteiger partial charge in [-0.3, -0.25) is 11.3 Å². The van der Waals surface area contributed by atoms with Gasteiger partial charge in [0.1, 0.15) is 5.75 Å². The molecule has 0 bridgehead atoms. The molecule has 0 radical (unpaired) electrons. The molecule has 1 aromatic carbocycles. The van der Waals surface area contributed by atoms with Crippen LogP contribution in [-0.2, 0) is 0 Å². The number of ether oxygens (including phenoxy) is 1. The molecule has 2 aliphatic rings. The number of hydrazine groups is 1. The molecule has 3 N–H and O–H groups in total. The Morgan fingerprint density at radius 2 is 2.06 bits per heavy atom. The van der Waals surface area contributed by atoms with Crippen LogP contribution in [0.4, 0.5) is 0 Å². The number of nitrogens with one attached hydrogen (secondary N) is 1. The van der Waals surface area contributed by atoms with Crippen LogP contribution in [0, 0.1) is 11.8 Å². The average molecular weight is 246 g/mol. The molecule has 2 saturated carbocycles. The largest absolute Gasteiger partial charge is 0.490 e. The molecule has 0 saturated heterocycles. The van der Waals surface area contributed by atoms with E-state index in [1.54, 1.807) is 0 Å². The van der Waals surface area contributed by atoms with E-state index in [1.165, 1.54) is 31.2 Å². The first kappa shape index (κ1) is 12.0. The van der Waals surface area contributed by atoms with Gasteiger partial charge in [-0.15, -0.1) is 0 Å². The highest BCUT2D eigenvalue weighted by Gasteiger charge is 2.33. The summed E-state index contributed by atoms with van der Waals surface area (Å²) < 4.78 is 5.85. The minimum absolute atomic E-state index is 0.236. The molecule has 2 aliphatic carbocycles. The zero-order valence-electron chi connectivity index (χ0n) is 10.9. The average Bonchev–Trinajstić information content (AvgIpc) is 3.25. The van der Waals surface area contributed by atoms with Crippen molar-refractivity contribution in [2.45, 2.75) is 44.8 Å². The molecule has 0 aromatic heterocycles. The van der Waals surface area contributed by atoms with Crippen molar-refractivity contribution in [3.05, 3.63) is 29.8 Å². The molecule has 0 spiro atoms. The van der Waals surface area contributed by atoms with E-state index in [0.717, 1.165) is 11.7 Å². The van der Waals surface area contributed by atoms with Gasteiger partial charge < -0.3 is 4.74 Å². The van der Waals surface area contributed by atoms with Crippen molar-refractivity contribution in [3.8, 4) is 5.75 Å². The Bertz CT molecular complexity index is 413. The Labute approximate surface area is 109 Å². The van der Waals surface area contributed by atoms with Crippen LogP contribution in [0.2, 0.25) is 0 Å². The van der Waals surface area contributed by atoms with E-state index < -0.39 is 0 Å². The summed E-state index contributed by atoms with van der Waals surface area (Å²) in [6.45, 7) is 2.29. The summed E-state index contributed by atoms with van der Waals surface area (Å²) in [5.41, 5.74) is 4.23. The normalized spacial score (nSPS) is 22.6. The fourth-order valence-electron chi connectivity index (χ4n) is 2.61. The van der Waals surface area contributed by atoms with Crippen molar-refractivity contribution in [2.24, 2.45) is 17.7 Å². The second-order valence-electron chi connectivity index (χ2n) is 5.73. The molecule has 1 aromatic rings. The van der Waals surface area contributed by atoms with Gasteiger partial charge in [0.25, 0.3) is 0 Å². The highest BCUT2D eigenvalue weighted by molar-refractivity contribution is 5.31. The maximum atomic E-state index is 5.85. The van der Waals surface area contributed by atoms with Crippen molar-refractivity contribution in [1.29, 1.82) is 0 Å². The van der Waals surface area contributed by atoms with Crippen molar-refractivity contribution < 1.29 is 4.74 Å². The predicted octanol–water partition coefficient (Wildman–Crippen LogP) is 2.78. The highest BCUT2D eigenvalue weighted by Crippen LogP contribution is 2.42. The van der Waals surface area contributed by atoms with E-state index >= 15 is 0 Å². The Morgan fingerprint density at radius 3 is 2.67 bits per heavy atom. The molecular weight excluding hydrogens is 224 g/mol. The third-order valence-corrected chi connectivity index (χ3v) is 4.12. The molecule has 2 unspecified atom stereocenters. The van der Waals surface area contributed by atoms with Gasteiger partial charge in [0.15, 0.2) is 0 Å². The summed E-state index contributed by atoms with van der Waals surface area (Å²) in [6, 6.07) is 8.62. The molecule has 0 heterocycles. The number of hydrogen-bond acceptors (Lipinski definition) is 3. The lowest BCUT2D eigenvalue weighted by molar-refractivity contribution is 0.301. The number of nitrogens with two attached hydrogens (primary N) is 1. The maximum absolute atomic E-state index is 5.85. The lowest BCUT2D eigenvalue weighted by Crippen LogP contribution is -2.33. The first-order valence-corrected chi connectivity index (χ1v) is 7.00. The fourth-order valence-corrected chi connectivity index (χ4v) is 2.61. The maximum Gasteiger partial charge on any atom is 0.120 e. The highest BCUT2D eigenvalue weighted by atomic mass is 16.5. The van der Waals surface area contributed by atoms with Crippen LogP contribution in [0.1, 0.15) is 44.2 Å². The summed E-state index contributed by atoms with van der Waals surface area (Å²) in [4.78, 5) is 0. The first-order valence-electron chi connectivity index (χ1n) is 7.00. The van der Waals surface area contributed by atoms with Crippen LogP contribution in [-0.4, -0.2) is 6.10 Å².